The molecule has 27 heavy (non-hydrogen) atoms. The van der Waals surface area contributed by atoms with Gasteiger partial charge in [-0.3, -0.25) is 9.89 Å². The van der Waals surface area contributed by atoms with Gasteiger partial charge in [-0.2, -0.15) is 5.10 Å². The molecule has 146 valence electrons. The molecule has 1 atom stereocenters. The molecule has 0 spiro atoms. The molecule has 4 rings (SSSR count). The van der Waals surface area contributed by atoms with Crippen molar-refractivity contribution in [3.8, 4) is 5.75 Å². The second kappa shape index (κ2) is 8.69. The van der Waals surface area contributed by atoms with Crippen LogP contribution in [0.1, 0.15) is 34.6 Å². The predicted molar refractivity (Wildman–Crippen MR) is 107 cm³/mol. The number of fused-ring (bicyclic) bond motifs is 1. The minimum Gasteiger partial charge on any atom is -0.489 e. The Kier molecular flexibility index (Phi) is 6.52. The van der Waals surface area contributed by atoms with Crippen LogP contribution in [0, 0.1) is 0 Å². The van der Waals surface area contributed by atoms with Crippen LogP contribution in [0.5, 0.6) is 5.75 Å². The fourth-order valence-electron chi connectivity index (χ4n) is 3.51. The van der Waals surface area contributed by atoms with Crippen molar-refractivity contribution in [2.24, 2.45) is 0 Å². The molecule has 1 aromatic heterocycles. The summed E-state index contributed by atoms with van der Waals surface area (Å²) in [6.07, 6.45) is 2.59. The molecule has 2 aromatic rings. The average Bonchev–Trinajstić information content (AvgIpc) is 3.08. The zero-order valence-electron chi connectivity index (χ0n) is 14.6. The summed E-state index contributed by atoms with van der Waals surface area (Å²) >= 11 is 12.0. The van der Waals surface area contributed by atoms with Crippen LogP contribution in [0.2, 0.25) is 10.0 Å². The first-order valence-corrected chi connectivity index (χ1v) is 9.55. The summed E-state index contributed by atoms with van der Waals surface area (Å²) in [5.74, 6) is 0.633. The van der Waals surface area contributed by atoms with Gasteiger partial charge in [-0.15, -0.1) is 12.4 Å². The number of likely N-dealkylation sites (tertiary alicyclic amines) is 1. The number of piperidine rings is 1. The Morgan fingerprint density at radius 1 is 1.30 bits per heavy atom. The second-order valence-corrected chi connectivity index (χ2v) is 7.48. The van der Waals surface area contributed by atoms with E-state index in [1.54, 1.807) is 18.2 Å². The molecular weight excluding hydrogens is 411 g/mol. The number of nitrogens with zero attached hydrogens (tertiary/aromatic N) is 2. The first-order valence-electron chi connectivity index (χ1n) is 8.79. The van der Waals surface area contributed by atoms with Gasteiger partial charge < -0.3 is 15.0 Å². The third-order valence-electron chi connectivity index (χ3n) is 4.87. The van der Waals surface area contributed by atoms with Gasteiger partial charge in [0.1, 0.15) is 11.9 Å². The lowest BCUT2D eigenvalue weighted by Gasteiger charge is -2.32. The van der Waals surface area contributed by atoms with Gasteiger partial charge in [0, 0.05) is 43.4 Å². The Hall–Kier alpha value is -1.47. The summed E-state index contributed by atoms with van der Waals surface area (Å²) in [6, 6.07) is 5.22. The van der Waals surface area contributed by atoms with Crippen molar-refractivity contribution in [3.63, 3.8) is 0 Å². The number of aromatic amines is 1. The summed E-state index contributed by atoms with van der Waals surface area (Å²) in [6.45, 7) is 2.85. The molecule has 1 aromatic carbocycles. The molecule has 0 radical (unpaired) electrons. The Labute approximate surface area is 174 Å². The minimum absolute atomic E-state index is 0. The number of benzene rings is 1. The number of hydrogen-bond donors (Lipinski definition) is 2. The van der Waals surface area contributed by atoms with E-state index < -0.39 is 0 Å². The van der Waals surface area contributed by atoms with E-state index in [0.29, 0.717) is 34.6 Å². The fraction of sp³-hybridized carbons (Fsp3) is 0.444. The van der Waals surface area contributed by atoms with E-state index in [-0.39, 0.29) is 24.4 Å². The highest BCUT2D eigenvalue weighted by Gasteiger charge is 2.30. The molecule has 2 aliphatic rings. The first-order chi connectivity index (χ1) is 12.6. The van der Waals surface area contributed by atoms with Gasteiger partial charge in [-0.25, -0.2) is 0 Å². The summed E-state index contributed by atoms with van der Waals surface area (Å²) in [5.41, 5.74) is 2.59. The van der Waals surface area contributed by atoms with Crippen LogP contribution in [-0.2, 0) is 13.0 Å². The van der Waals surface area contributed by atoms with Crippen molar-refractivity contribution < 1.29 is 9.53 Å². The number of H-pyrrole nitrogens is 1. The number of aromatic nitrogens is 2. The monoisotopic (exact) mass is 430 g/mol. The number of hydrogen-bond acceptors (Lipinski definition) is 4. The second-order valence-electron chi connectivity index (χ2n) is 6.67. The number of nitrogens with one attached hydrogen (secondary N) is 2. The number of ether oxygens (including phenoxy) is 1. The molecular formula is C18H21Cl3N4O2. The molecule has 3 heterocycles. The summed E-state index contributed by atoms with van der Waals surface area (Å²) in [7, 11) is 0. The standard InChI is InChI=1S/C18H20Cl2N4O2.ClH/c19-14-4-3-11(8-15(14)20)26-12-2-1-7-24(10-12)18(25)17-13-9-21-6-5-16(13)22-23-17;/h3-4,8,12,21H,1-2,5-7,9-10H2,(H,22,23);1H. The topological polar surface area (TPSA) is 70.2 Å². The van der Waals surface area contributed by atoms with E-state index in [4.69, 9.17) is 27.9 Å². The van der Waals surface area contributed by atoms with Crippen molar-refractivity contribution >= 4 is 41.5 Å². The molecule has 1 fully saturated rings. The maximum Gasteiger partial charge on any atom is 0.274 e. The number of rotatable bonds is 3. The molecule has 1 amide bonds. The zero-order chi connectivity index (χ0) is 18.1. The van der Waals surface area contributed by atoms with Crippen LogP contribution < -0.4 is 10.1 Å². The number of amides is 1. The normalized spacial score (nSPS) is 19.2. The Morgan fingerprint density at radius 2 is 2.15 bits per heavy atom. The molecule has 0 aliphatic carbocycles. The Bertz CT molecular complexity index is 827. The van der Waals surface area contributed by atoms with Gasteiger partial charge >= 0.3 is 0 Å². The molecule has 0 saturated carbocycles. The summed E-state index contributed by atoms with van der Waals surface area (Å²) < 4.78 is 6.02. The van der Waals surface area contributed by atoms with E-state index in [0.717, 1.165) is 43.6 Å². The molecule has 0 bridgehead atoms. The van der Waals surface area contributed by atoms with Gasteiger partial charge in [0.05, 0.1) is 16.6 Å². The van der Waals surface area contributed by atoms with Gasteiger partial charge in [0.15, 0.2) is 5.69 Å². The first kappa shape index (κ1) is 20.3. The summed E-state index contributed by atoms with van der Waals surface area (Å²) in [5, 5.41) is 11.5. The molecule has 2 aliphatic heterocycles. The highest BCUT2D eigenvalue weighted by atomic mass is 35.5. The number of halogens is 3. The van der Waals surface area contributed by atoms with E-state index in [1.807, 2.05) is 4.90 Å². The van der Waals surface area contributed by atoms with Gasteiger partial charge in [-0.05, 0) is 25.0 Å². The van der Waals surface area contributed by atoms with Gasteiger partial charge in [0.25, 0.3) is 5.91 Å². The van der Waals surface area contributed by atoms with E-state index in [2.05, 4.69) is 15.5 Å². The van der Waals surface area contributed by atoms with Crippen molar-refractivity contribution in [2.45, 2.75) is 31.9 Å². The Balaban J connectivity index is 0.00000210. The zero-order valence-corrected chi connectivity index (χ0v) is 17.0. The van der Waals surface area contributed by atoms with Crippen molar-refractivity contribution in [1.29, 1.82) is 0 Å². The lowest BCUT2D eigenvalue weighted by molar-refractivity contribution is 0.0531. The molecule has 6 nitrogen and oxygen atoms in total. The fourth-order valence-corrected chi connectivity index (χ4v) is 3.80. The minimum atomic E-state index is -0.0714. The van der Waals surface area contributed by atoms with Crippen LogP contribution in [0.4, 0.5) is 0 Å². The maximum atomic E-state index is 13.0. The average molecular weight is 432 g/mol. The largest absolute Gasteiger partial charge is 0.489 e. The highest BCUT2D eigenvalue weighted by Crippen LogP contribution is 2.28. The van der Waals surface area contributed by atoms with Crippen molar-refractivity contribution in [1.82, 2.24) is 20.4 Å². The van der Waals surface area contributed by atoms with Gasteiger partial charge in [0.2, 0.25) is 0 Å². The third kappa shape index (κ3) is 4.35. The summed E-state index contributed by atoms with van der Waals surface area (Å²) in [4.78, 5) is 14.8. The molecule has 9 heteroatoms. The lowest BCUT2D eigenvalue weighted by atomic mass is 10.0. The molecule has 1 saturated heterocycles. The third-order valence-corrected chi connectivity index (χ3v) is 5.61. The van der Waals surface area contributed by atoms with Crippen molar-refractivity contribution in [3.05, 3.63) is 45.2 Å². The van der Waals surface area contributed by atoms with Crippen molar-refractivity contribution in [2.75, 3.05) is 19.6 Å². The smallest absolute Gasteiger partial charge is 0.274 e. The van der Waals surface area contributed by atoms with Crippen LogP contribution in [0.25, 0.3) is 0 Å². The van der Waals surface area contributed by atoms with Crippen LogP contribution in [0.3, 0.4) is 0 Å². The van der Waals surface area contributed by atoms with Crippen LogP contribution >= 0.6 is 35.6 Å². The van der Waals surface area contributed by atoms with Crippen LogP contribution in [0.15, 0.2) is 18.2 Å². The quantitative estimate of drug-likeness (QED) is 0.781. The lowest BCUT2D eigenvalue weighted by Crippen LogP contribution is -2.45. The maximum absolute atomic E-state index is 13.0. The van der Waals surface area contributed by atoms with Gasteiger partial charge in [-0.1, -0.05) is 23.2 Å². The highest BCUT2D eigenvalue weighted by molar-refractivity contribution is 6.42. The Morgan fingerprint density at radius 3 is 2.96 bits per heavy atom. The van der Waals surface area contributed by atoms with Crippen LogP contribution in [-0.4, -0.2) is 46.7 Å². The van der Waals surface area contributed by atoms with E-state index >= 15 is 0 Å². The molecule has 1 unspecified atom stereocenters. The van der Waals surface area contributed by atoms with E-state index in [9.17, 15) is 4.79 Å². The number of carbonyl (C=O) groups is 1. The SMILES string of the molecule is Cl.O=C(c1n[nH]c2c1CNCC2)N1CCCC(Oc2ccc(Cl)c(Cl)c2)C1. The number of carbonyl (C=O) groups excluding carboxylic acids is 1. The predicted octanol–water partition coefficient (Wildman–Crippen LogP) is 3.47. The molecule has 2 N–H and O–H groups in total. The van der Waals surface area contributed by atoms with E-state index in [1.165, 1.54) is 0 Å².